The van der Waals surface area contributed by atoms with E-state index in [-0.39, 0.29) is 18.2 Å². The van der Waals surface area contributed by atoms with Crippen LogP contribution in [0.25, 0.3) is 0 Å². The molecule has 0 aromatic heterocycles. The monoisotopic (exact) mass is 400 g/mol. The second-order valence-corrected chi connectivity index (χ2v) is 7.72. The van der Waals surface area contributed by atoms with Crippen LogP contribution in [-0.4, -0.2) is 29.3 Å². The smallest absolute Gasteiger partial charge is 0.242 e. The third-order valence-corrected chi connectivity index (χ3v) is 4.87. The first kappa shape index (κ1) is 22.0. The molecule has 2 aromatic rings. The standard InChI is InChI=1S/C23H29ClN2O2/c1-5-10-25-23(28)18(4)26(15-19-6-8-21(24)9-7-19)22(27)14-20-12-16(2)11-17(3)13-20/h6-9,11-13,18H,5,10,14-15H2,1-4H3,(H,25,28). The largest absolute Gasteiger partial charge is 0.354 e. The molecule has 5 heteroatoms. The lowest BCUT2D eigenvalue weighted by Crippen LogP contribution is -2.48. The second-order valence-electron chi connectivity index (χ2n) is 7.29. The van der Waals surface area contributed by atoms with E-state index >= 15 is 0 Å². The van der Waals surface area contributed by atoms with Crippen LogP contribution in [0, 0.1) is 13.8 Å². The number of aryl methyl sites for hydroxylation is 2. The van der Waals surface area contributed by atoms with Gasteiger partial charge >= 0.3 is 0 Å². The van der Waals surface area contributed by atoms with Crippen molar-refractivity contribution in [2.45, 2.75) is 53.1 Å². The predicted molar refractivity (Wildman–Crippen MR) is 114 cm³/mol. The minimum absolute atomic E-state index is 0.0703. The molecule has 1 unspecified atom stereocenters. The van der Waals surface area contributed by atoms with Gasteiger partial charge in [0.2, 0.25) is 11.8 Å². The number of hydrogen-bond acceptors (Lipinski definition) is 2. The molecule has 0 bridgehead atoms. The Morgan fingerprint density at radius 3 is 2.21 bits per heavy atom. The van der Waals surface area contributed by atoms with Crippen LogP contribution in [0.15, 0.2) is 42.5 Å². The van der Waals surface area contributed by atoms with Crippen LogP contribution in [0.2, 0.25) is 5.02 Å². The van der Waals surface area contributed by atoms with Gasteiger partial charge in [-0.05, 0) is 50.5 Å². The third kappa shape index (κ3) is 6.38. The van der Waals surface area contributed by atoms with E-state index in [2.05, 4.69) is 11.4 Å². The average Bonchev–Trinajstić information content (AvgIpc) is 2.64. The Bertz CT molecular complexity index is 798. The van der Waals surface area contributed by atoms with E-state index in [1.54, 1.807) is 24.0 Å². The topological polar surface area (TPSA) is 49.4 Å². The van der Waals surface area contributed by atoms with Crippen molar-refractivity contribution in [2.24, 2.45) is 0 Å². The highest BCUT2D eigenvalue weighted by Crippen LogP contribution is 2.16. The Labute approximate surface area is 172 Å². The summed E-state index contributed by atoms with van der Waals surface area (Å²) in [4.78, 5) is 27.3. The fraction of sp³-hybridized carbons (Fsp3) is 0.391. The molecular weight excluding hydrogens is 372 g/mol. The van der Waals surface area contributed by atoms with Crippen molar-refractivity contribution in [3.8, 4) is 0 Å². The van der Waals surface area contributed by atoms with Crippen LogP contribution in [0.5, 0.6) is 0 Å². The molecule has 0 fully saturated rings. The van der Waals surface area contributed by atoms with Gasteiger partial charge in [-0.2, -0.15) is 0 Å². The van der Waals surface area contributed by atoms with Crippen molar-refractivity contribution in [3.63, 3.8) is 0 Å². The maximum absolute atomic E-state index is 13.1. The molecule has 0 saturated heterocycles. The van der Waals surface area contributed by atoms with Crippen molar-refractivity contribution in [2.75, 3.05) is 6.54 Å². The zero-order valence-electron chi connectivity index (χ0n) is 17.1. The van der Waals surface area contributed by atoms with Crippen LogP contribution in [0.1, 0.15) is 42.5 Å². The molecule has 2 aromatic carbocycles. The van der Waals surface area contributed by atoms with Gasteiger partial charge in [0.25, 0.3) is 0 Å². The van der Waals surface area contributed by atoms with Crippen LogP contribution in [-0.2, 0) is 22.6 Å². The Morgan fingerprint density at radius 1 is 1.04 bits per heavy atom. The maximum Gasteiger partial charge on any atom is 0.242 e. The van der Waals surface area contributed by atoms with Gasteiger partial charge in [0.05, 0.1) is 6.42 Å². The summed E-state index contributed by atoms with van der Waals surface area (Å²) in [5.74, 6) is -0.205. The number of nitrogens with one attached hydrogen (secondary N) is 1. The zero-order valence-corrected chi connectivity index (χ0v) is 17.8. The number of hydrogen-bond donors (Lipinski definition) is 1. The molecule has 0 aliphatic carbocycles. The van der Waals surface area contributed by atoms with Crippen LogP contribution >= 0.6 is 11.6 Å². The second kappa shape index (κ2) is 10.3. The first-order chi connectivity index (χ1) is 13.3. The summed E-state index contributed by atoms with van der Waals surface area (Å²) in [6.45, 7) is 8.78. The molecule has 2 rings (SSSR count). The summed E-state index contributed by atoms with van der Waals surface area (Å²) in [6, 6.07) is 12.9. The molecule has 0 aliphatic rings. The lowest BCUT2D eigenvalue weighted by Gasteiger charge is -2.29. The van der Waals surface area contributed by atoms with E-state index in [0.29, 0.717) is 18.1 Å². The zero-order chi connectivity index (χ0) is 20.7. The van der Waals surface area contributed by atoms with E-state index in [4.69, 9.17) is 11.6 Å². The fourth-order valence-electron chi connectivity index (χ4n) is 3.21. The van der Waals surface area contributed by atoms with Gasteiger partial charge in [0.15, 0.2) is 0 Å². The van der Waals surface area contributed by atoms with Crippen LogP contribution < -0.4 is 5.32 Å². The molecule has 0 radical (unpaired) electrons. The summed E-state index contributed by atoms with van der Waals surface area (Å²) >= 11 is 5.97. The van der Waals surface area contributed by atoms with Crippen LogP contribution in [0.3, 0.4) is 0 Å². The number of carbonyl (C=O) groups is 2. The Hall–Kier alpha value is -2.33. The Morgan fingerprint density at radius 2 is 1.64 bits per heavy atom. The number of benzene rings is 2. The molecule has 1 atom stereocenters. The number of amides is 2. The van der Waals surface area contributed by atoms with Gasteiger partial charge in [-0.1, -0.05) is 60.0 Å². The van der Waals surface area contributed by atoms with Crippen LogP contribution in [0.4, 0.5) is 0 Å². The molecule has 28 heavy (non-hydrogen) atoms. The van der Waals surface area contributed by atoms with Gasteiger partial charge in [0, 0.05) is 18.1 Å². The first-order valence-corrected chi connectivity index (χ1v) is 10.1. The molecule has 0 spiro atoms. The van der Waals surface area contributed by atoms with Gasteiger partial charge < -0.3 is 10.2 Å². The molecule has 4 nitrogen and oxygen atoms in total. The van der Waals surface area contributed by atoms with E-state index in [1.165, 1.54) is 0 Å². The van der Waals surface area contributed by atoms with Gasteiger partial charge in [-0.3, -0.25) is 9.59 Å². The summed E-state index contributed by atoms with van der Waals surface area (Å²) in [5.41, 5.74) is 4.15. The van der Waals surface area contributed by atoms with Crippen molar-refractivity contribution in [3.05, 3.63) is 69.7 Å². The average molecular weight is 401 g/mol. The highest BCUT2D eigenvalue weighted by molar-refractivity contribution is 6.30. The predicted octanol–water partition coefficient (Wildman–Crippen LogP) is 4.44. The Balaban J connectivity index is 2.23. The number of rotatable bonds is 8. The molecule has 0 heterocycles. The molecule has 1 N–H and O–H groups in total. The normalized spacial score (nSPS) is 11.8. The van der Waals surface area contributed by atoms with Gasteiger partial charge in [-0.15, -0.1) is 0 Å². The minimum atomic E-state index is -0.555. The molecule has 0 aliphatic heterocycles. The quantitative estimate of drug-likeness (QED) is 0.711. The number of nitrogens with zero attached hydrogens (tertiary/aromatic N) is 1. The van der Waals surface area contributed by atoms with E-state index < -0.39 is 6.04 Å². The highest BCUT2D eigenvalue weighted by Gasteiger charge is 2.26. The number of halogens is 1. The summed E-state index contributed by atoms with van der Waals surface area (Å²) in [7, 11) is 0. The van der Waals surface area contributed by atoms with Crippen molar-refractivity contribution in [1.82, 2.24) is 10.2 Å². The van der Waals surface area contributed by atoms with E-state index in [0.717, 1.165) is 28.7 Å². The molecule has 150 valence electrons. The lowest BCUT2D eigenvalue weighted by atomic mass is 10.0. The summed E-state index contributed by atoms with van der Waals surface area (Å²) < 4.78 is 0. The van der Waals surface area contributed by atoms with Crippen molar-refractivity contribution >= 4 is 23.4 Å². The van der Waals surface area contributed by atoms with Gasteiger partial charge in [0.1, 0.15) is 6.04 Å². The Kier molecular flexibility index (Phi) is 8.06. The maximum atomic E-state index is 13.1. The minimum Gasteiger partial charge on any atom is -0.354 e. The molecule has 0 saturated carbocycles. The van der Waals surface area contributed by atoms with E-state index in [9.17, 15) is 9.59 Å². The third-order valence-electron chi connectivity index (χ3n) is 4.62. The van der Waals surface area contributed by atoms with Gasteiger partial charge in [-0.25, -0.2) is 0 Å². The molecular formula is C23H29ClN2O2. The van der Waals surface area contributed by atoms with Crippen molar-refractivity contribution < 1.29 is 9.59 Å². The van der Waals surface area contributed by atoms with Crippen molar-refractivity contribution in [1.29, 1.82) is 0 Å². The highest BCUT2D eigenvalue weighted by atomic mass is 35.5. The summed E-state index contributed by atoms with van der Waals surface area (Å²) in [5, 5.41) is 3.53. The van der Waals surface area contributed by atoms with E-state index in [1.807, 2.05) is 45.0 Å². The number of carbonyl (C=O) groups excluding carboxylic acids is 2. The molecule has 2 amide bonds. The lowest BCUT2D eigenvalue weighted by molar-refractivity contribution is -0.140. The summed E-state index contributed by atoms with van der Waals surface area (Å²) in [6.07, 6.45) is 1.12. The SMILES string of the molecule is CCCNC(=O)C(C)N(Cc1ccc(Cl)cc1)C(=O)Cc1cc(C)cc(C)c1. The fourth-order valence-corrected chi connectivity index (χ4v) is 3.34. The first-order valence-electron chi connectivity index (χ1n) is 9.69.